The molecule has 0 amide bonds. The molecule has 0 saturated carbocycles. The number of hydrogen-bond donors (Lipinski definition) is 0. The maximum Gasteiger partial charge on any atom is 0.315 e. The lowest BCUT2D eigenvalue weighted by atomic mass is 10.1. The van der Waals surface area contributed by atoms with Gasteiger partial charge in [-0.1, -0.05) is 33.1 Å². The minimum atomic E-state index is -0.235. The van der Waals surface area contributed by atoms with Gasteiger partial charge in [0.15, 0.2) is 0 Å². The predicted octanol–water partition coefficient (Wildman–Crippen LogP) is 2.81. The van der Waals surface area contributed by atoms with E-state index < -0.39 is 0 Å². The molecule has 0 bridgehead atoms. The Balaban J connectivity index is 1.83. The fourth-order valence-electron chi connectivity index (χ4n) is 1.79. The molecule has 0 aliphatic carbocycles. The number of carbonyl (C=O) groups excluding carboxylic acids is 2. The molecule has 1 aliphatic rings. The highest BCUT2D eigenvalue weighted by Gasteiger charge is 2.24. The summed E-state index contributed by atoms with van der Waals surface area (Å²) in [5, 5.41) is 0. The van der Waals surface area contributed by atoms with E-state index in [1.54, 1.807) is 0 Å². The Labute approximate surface area is 137 Å². The monoisotopic (exact) mass is 332 g/mol. The molecule has 5 nitrogen and oxygen atoms in total. The van der Waals surface area contributed by atoms with Gasteiger partial charge in [0.2, 0.25) is 0 Å². The molecule has 1 aliphatic heterocycles. The topological polar surface area (TPSA) is 65.1 Å². The first kappa shape index (κ1) is 19.3. The fourth-order valence-corrected chi connectivity index (χ4v) is 2.50. The summed E-state index contributed by atoms with van der Waals surface area (Å²) in [6.07, 6.45) is 4.88. The SMILES string of the molecule is CC(C)CCCCCOC(=O)CSCCC(=O)OCC1CO1. The van der Waals surface area contributed by atoms with E-state index in [-0.39, 0.29) is 18.0 Å². The first-order valence-corrected chi connectivity index (χ1v) is 9.24. The highest BCUT2D eigenvalue weighted by atomic mass is 32.2. The number of rotatable bonds is 13. The molecule has 0 spiro atoms. The van der Waals surface area contributed by atoms with Gasteiger partial charge in [0.1, 0.15) is 12.7 Å². The van der Waals surface area contributed by atoms with Crippen molar-refractivity contribution in [2.75, 3.05) is 31.3 Å². The van der Waals surface area contributed by atoms with E-state index >= 15 is 0 Å². The Morgan fingerprint density at radius 2 is 1.95 bits per heavy atom. The van der Waals surface area contributed by atoms with Crippen LogP contribution in [0, 0.1) is 5.92 Å². The highest BCUT2D eigenvalue weighted by Crippen LogP contribution is 2.10. The first-order chi connectivity index (χ1) is 10.6. The van der Waals surface area contributed by atoms with Crippen molar-refractivity contribution < 1.29 is 23.8 Å². The molecule has 0 aromatic rings. The van der Waals surface area contributed by atoms with Gasteiger partial charge < -0.3 is 14.2 Å². The summed E-state index contributed by atoms with van der Waals surface area (Å²) in [5.41, 5.74) is 0. The lowest BCUT2D eigenvalue weighted by Gasteiger charge is -2.06. The van der Waals surface area contributed by atoms with Crippen LogP contribution in [0.25, 0.3) is 0 Å². The van der Waals surface area contributed by atoms with Gasteiger partial charge in [-0.15, -0.1) is 11.8 Å². The minimum absolute atomic E-state index is 0.104. The van der Waals surface area contributed by atoms with Gasteiger partial charge in [0.05, 0.1) is 25.4 Å². The Kier molecular flexibility index (Phi) is 10.3. The Morgan fingerprint density at radius 1 is 1.18 bits per heavy atom. The molecule has 0 radical (unpaired) electrons. The Bertz CT molecular complexity index is 328. The quantitative estimate of drug-likeness (QED) is 0.293. The van der Waals surface area contributed by atoms with E-state index in [2.05, 4.69) is 13.8 Å². The van der Waals surface area contributed by atoms with Crippen LogP contribution < -0.4 is 0 Å². The molecule has 6 heteroatoms. The van der Waals surface area contributed by atoms with E-state index in [9.17, 15) is 9.59 Å². The zero-order valence-corrected chi connectivity index (χ0v) is 14.5. The summed E-state index contributed by atoms with van der Waals surface area (Å²) in [6, 6.07) is 0. The summed E-state index contributed by atoms with van der Waals surface area (Å²) in [5.74, 6) is 1.18. The van der Waals surface area contributed by atoms with Crippen LogP contribution in [0.15, 0.2) is 0 Å². The van der Waals surface area contributed by atoms with Gasteiger partial charge in [0, 0.05) is 5.75 Å². The van der Waals surface area contributed by atoms with Crippen LogP contribution in [0.4, 0.5) is 0 Å². The molecule has 1 fully saturated rings. The van der Waals surface area contributed by atoms with E-state index in [0.717, 1.165) is 18.8 Å². The molecule has 1 unspecified atom stereocenters. The zero-order valence-electron chi connectivity index (χ0n) is 13.7. The second kappa shape index (κ2) is 11.8. The fraction of sp³-hybridized carbons (Fsp3) is 0.875. The summed E-state index contributed by atoms with van der Waals surface area (Å²) in [6.45, 7) is 5.97. The normalized spacial score (nSPS) is 16.6. The second-order valence-corrected chi connectivity index (χ2v) is 7.01. The van der Waals surface area contributed by atoms with Crippen LogP contribution in [-0.2, 0) is 23.8 Å². The highest BCUT2D eigenvalue weighted by molar-refractivity contribution is 7.99. The number of thioether (sulfide) groups is 1. The third-order valence-corrected chi connectivity index (χ3v) is 4.12. The Morgan fingerprint density at radius 3 is 2.64 bits per heavy atom. The van der Waals surface area contributed by atoms with Crippen LogP contribution in [0.2, 0.25) is 0 Å². The number of ether oxygens (including phenoxy) is 3. The average molecular weight is 332 g/mol. The number of hydrogen-bond acceptors (Lipinski definition) is 6. The van der Waals surface area contributed by atoms with Crippen molar-refractivity contribution in [3.8, 4) is 0 Å². The molecule has 1 heterocycles. The third-order valence-electron chi connectivity index (χ3n) is 3.19. The van der Waals surface area contributed by atoms with Crippen molar-refractivity contribution in [2.24, 2.45) is 5.92 Å². The van der Waals surface area contributed by atoms with Gasteiger partial charge in [-0.25, -0.2) is 0 Å². The molecular formula is C16H28O5S. The van der Waals surface area contributed by atoms with Crippen molar-refractivity contribution in [3.63, 3.8) is 0 Å². The van der Waals surface area contributed by atoms with Gasteiger partial charge >= 0.3 is 11.9 Å². The van der Waals surface area contributed by atoms with Crippen molar-refractivity contribution >= 4 is 23.7 Å². The standard InChI is InChI=1S/C16H28O5S/c1-13(2)6-4-3-5-8-19-16(18)12-22-9-7-15(17)21-11-14-10-20-14/h13-14H,3-12H2,1-2H3. The number of esters is 2. The molecule has 128 valence electrons. The van der Waals surface area contributed by atoms with Crippen LogP contribution in [-0.4, -0.2) is 49.4 Å². The maximum atomic E-state index is 11.5. The van der Waals surface area contributed by atoms with E-state index in [4.69, 9.17) is 14.2 Å². The summed E-state index contributed by atoms with van der Waals surface area (Å²) in [7, 11) is 0. The molecular weight excluding hydrogens is 304 g/mol. The minimum Gasteiger partial charge on any atom is -0.465 e. The lowest BCUT2D eigenvalue weighted by Crippen LogP contribution is -2.12. The average Bonchev–Trinajstić information content (AvgIpc) is 3.29. The molecule has 1 atom stereocenters. The molecule has 0 aromatic heterocycles. The van der Waals surface area contributed by atoms with Gasteiger partial charge in [0.25, 0.3) is 0 Å². The van der Waals surface area contributed by atoms with Crippen molar-refractivity contribution in [2.45, 2.75) is 52.1 Å². The van der Waals surface area contributed by atoms with Gasteiger partial charge in [-0.3, -0.25) is 9.59 Å². The van der Waals surface area contributed by atoms with Gasteiger partial charge in [-0.05, 0) is 12.3 Å². The number of unbranched alkanes of at least 4 members (excludes halogenated alkanes) is 2. The second-order valence-electron chi connectivity index (χ2n) is 5.90. The molecule has 1 saturated heterocycles. The van der Waals surface area contributed by atoms with Crippen LogP contribution in [0.3, 0.4) is 0 Å². The van der Waals surface area contributed by atoms with E-state index in [0.29, 0.717) is 37.7 Å². The van der Waals surface area contributed by atoms with Crippen molar-refractivity contribution in [3.05, 3.63) is 0 Å². The molecule has 22 heavy (non-hydrogen) atoms. The summed E-state index contributed by atoms with van der Waals surface area (Å²) >= 11 is 1.41. The Hall–Kier alpha value is -0.750. The maximum absolute atomic E-state index is 11.5. The van der Waals surface area contributed by atoms with Crippen molar-refractivity contribution in [1.82, 2.24) is 0 Å². The predicted molar refractivity (Wildman–Crippen MR) is 86.9 cm³/mol. The van der Waals surface area contributed by atoms with E-state index in [1.807, 2.05) is 0 Å². The summed E-state index contributed by atoms with van der Waals surface area (Å²) < 4.78 is 15.1. The molecule has 1 rings (SSSR count). The van der Waals surface area contributed by atoms with Crippen LogP contribution in [0.5, 0.6) is 0 Å². The van der Waals surface area contributed by atoms with Crippen LogP contribution in [0.1, 0.15) is 46.0 Å². The third kappa shape index (κ3) is 11.9. The molecule has 0 N–H and O–H groups in total. The molecule has 0 aromatic carbocycles. The lowest BCUT2D eigenvalue weighted by molar-refractivity contribution is -0.144. The largest absolute Gasteiger partial charge is 0.465 e. The van der Waals surface area contributed by atoms with Crippen molar-refractivity contribution in [1.29, 1.82) is 0 Å². The smallest absolute Gasteiger partial charge is 0.315 e. The summed E-state index contributed by atoms with van der Waals surface area (Å²) in [4.78, 5) is 22.8. The number of epoxide rings is 1. The zero-order chi connectivity index (χ0) is 16.2. The number of carbonyl (C=O) groups is 2. The van der Waals surface area contributed by atoms with Gasteiger partial charge in [-0.2, -0.15) is 0 Å². The first-order valence-electron chi connectivity index (χ1n) is 8.08. The van der Waals surface area contributed by atoms with Crippen LogP contribution >= 0.6 is 11.8 Å². The van der Waals surface area contributed by atoms with E-state index in [1.165, 1.54) is 24.6 Å².